The Morgan fingerprint density at radius 3 is 2.72 bits per heavy atom. The molecule has 0 radical (unpaired) electrons. The lowest BCUT2D eigenvalue weighted by Gasteiger charge is -2.19. The summed E-state index contributed by atoms with van der Waals surface area (Å²) in [5, 5.41) is 3.46. The molecule has 2 nitrogen and oxygen atoms in total. The largest absolute Gasteiger partial charge is 0.382 e. The number of halogens is 1. The summed E-state index contributed by atoms with van der Waals surface area (Å²) in [4.78, 5) is 0. The predicted octanol–water partition coefficient (Wildman–Crippen LogP) is 3.08. The fraction of sp³-hybridized carbons (Fsp3) is 0.600. The summed E-state index contributed by atoms with van der Waals surface area (Å²) in [5.41, 5.74) is 2.23. The second-order valence-electron chi connectivity index (χ2n) is 4.52. The van der Waals surface area contributed by atoms with Crippen LogP contribution >= 0.6 is 0 Å². The number of aryl methyl sites for hydroxylation is 1. The zero-order chi connectivity index (χ0) is 13.4. The summed E-state index contributed by atoms with van der Waals surface area (Å²) in [7, 11) is 0. The van der Waals surface area contributed by atoms with Gasteiger partial charge in [-0.05, 0) is 56.5 Å². The molecule has 0 saturated carbocycles. The first-order valence-corrected chi connectivity index (χ1v) is 6.73. The quantitative estimate of drug-likeness (QED) is 0.719. The van der Waals surface area contributed by atoms with Crippen molar-refractivity contribution in [3.63, 3.8) is 0 Å². The summed E-state index contributed by atoms with van der Waals surface area (Å²) >= 11 is 0. The van der Waals surface area contributed by atoms with Crippen molar-refractivity contribution in [2.45, 2.75) is 39.7 Å². The average molecular weight is 253 g/mol. The van der Waals surface area contributed by atoms with Crippen LogP contribution in [0.25, 0.3) is 0 Å². The monoisotopic (exact) mass is 253 g/mol. The lowest BCUT2D eigenvalue weighted by Crippen LogP contribution is -2.32. The first-order valence-electron chi connectivity index (χ1n) is 6.73. The van der Waals surface area contributed by atoms with Gasteiger partial charge in [0.05, 0.1) is 0 Å². The molecule has 0 bridgehead atoms. The molecule has 0 amide bonds. The first-order chi connectivity index (χ1) is 8.67. The number of hydrogen-bond acceptors (Lipinski definition) is 2. The van der Waals surface area contributed by atoms with Crippen LogP contribution in [0.5, 0.6) is 0 Å². The highest BCUT2D eigenvalue weighted by Gasteiger charge is 2.10. The van der Waals surface area contributed by atoms with Gasteiger partial charge in [0.15, 0.2) is 0 Å². The third kappa shape index (κ3) is 5.15. The number of ether oxygens (including phenoxy) is 1. The summed E-state index contributed by atoms with van der Waals surface area (Å²) in [5.74, 6) is -0.162. The molecule has 0 heterocycles. The van der Waals surface area contributed by atoms with Gasteiger partial charge < -0.3 is 10.1 Å². The molecular formula is C15H24FNO. The average Bonchev–Trinajstić information content (AvgIpc) is 2.33. The van der Waals surface area contributed by atoms with Gasteiger partial charge in [0.25, 0.3) is 0 Å². The molecule has 1 atom stereocenters. The van der Waals surface area contributed by atoms with Crippen LogP contribution in [0.1, 0.15) is 31.4 Å². The van der Waals surface area contributed by atoms with Crippen LogP contribution in [0.3, 0.4) is 0 Å². The van der Waals surface area contributed by atoms with Crippen molar-refractivity contribution in [2.75, 3.05) is 19.8 Å². The summed E-state index contributed by atoms with van der Waals surface area (Å²) in [6, 6.07) is 5.41. The molecule has 0 saturated heterocycles. The fourth-order valence-electron chi connectivity index (χ4n) is 2.09. The van der Waals surface area contributed by atoms with E-state index in [0.717, 1.165) is 38.2 Å². The molecule has 0 aliphatic rings. The fourth-order valence-corrected chi connectivity index (χ4v) is 2.09. The van der Waals surface area contributed by atoms with E-state index < -0.39 is 0 Å². The topological polar surface area (TPSA) is 21.3 Å². The van der Waals surface area contributed by atoms with Crippen LogP contribution in [0.15, 0.2) is 18.2 Å². The van der Waals surface area contributed by atoms with Crippen LogP contribution in [-0.2, 0) is 11.2 Å². The van der Waals surface area contributed by atoms with Crippen molar-refractivity contribution in [3.8, 4) is 0 Å². The molecule has 1 N–H and O–H groups in total. The van der Waals surface area contributed by atoms with E-state index in [4.69, 9.17) is 4.74 Å². The smallest absolute Gasteiger partial charge is 0.123 e. The van der Waals surface area contributed by atoms with Crippen LogP contribution in [-0.4, -0.2) is 25.8 Å². The molecule has 0 fully saturated rings. The van der Waals surface area contributed by atoms with Crippen molar-refractivity contribution in [1.82, 2.24) is 5.32 Å². The molecule has 0 aliphatic heterocycles. The Labute approximate surface area is 110 Å². The van der Waals surface area contributed by atoms with Crippen molar-refractivity contribution < 1.29 is 9.13 Å². The van der Waals surface area contributed by atoms with Crippen LogP contribution in [0.2, 0.25) is 0 Å². The maximum atomic E-state index is 13.0. The zero-order valence-electron chi connectivity index (χ0n) is 11.6. The molecule has 0 aromatic heterocycles. The maximum absolute atomic E-state index is 13.0. The minimum atomic E-state index is -0.162. The third-order valence-electron chi connectivity index (χ3n) is 3.08. The van der Waals surface area contributed by atoms with Gasteiger partial charge in [0, 0.05) is 19.3 Å². The van der Waals surface area contributed by atoms with Gasteiger partial charge in [-0.1, -0.05) is 13.0 Å². The van der Waals surface area contributed by atoms with E-state index in [2.05, 4.69) is 12.2 Å². The first kappa shape index (κ1) is 15.1. The Balaban J connectivity index is 2.58. The highest BCUT2D eigenvalue weighted by Crippen LogP contribution is 2.13. The van der Waals surface area contributed by atoms with Crippen molar-refractivity contribution in [1.29, 1.82) is 0 Å². The molecule has 1 rings (SSSR count). The molecule has 1 unspecified atom stereocenters. The highest BCUT2D eigenvalue weighted by molar-refractivity contribution is 5.27. The number of benzene rings is 1. The van der Waals surface area contributed by atoms with E-state index in [9.17, 15) is 4.39 Å². The van der Waals surface area contributed by atoms with Crippen LogP contribution in [0.4, 0.5) is 4.39 Å². The Morgan fingerprint density at radius 1 is 1.33 bits per heavy atom. The summed E-state index contributed by atoms with van der Waals surface area (Å²) in [6.45, 7) is 8.54. The van der Waals surface area contributed by atoms with Gasteiger partial charge in [-0.25, -0.2) is 4.39 Å². The minimum absolute atomic E-state index is 0.162. The van der Waals surface area contributed by atoms with Gasteiger partial charge in [-0.3, -0.25) is 0 Å². The van der Waals surface area contributed by atoms with Gasteiger partial charge in [0.2, 0.25) is 0 Å². The maximum Gasteiger partial charge on any atom is 0.123 e. The molecule has 1 aromatic carbocycles. The normalized spacial score (nSPS) is 12.7. The Bertz CT molecular complexity index is 354. The lowest BCUT2D eigenvalue weighted by molar-refractivity contribution is 0.136. The SMILES string of the molecule is CCNC(CCOCC)Cc1ccc(F)cc1C. The van der Waals surface area contributed by atoms with Crippen molar-refractivity contribution in [3.05, 3.63) is 35.1 Å². The minimum Gasteiger partial charge on any atom is -0.382 e. The second kappa shape index (κ2) is 8.22. The molecule has 0 spiro atoms. The van der Waals surface area contributed by atoms with E-state index in [0.29, 0.717) is 6.04 Å². The Kier molecular flexibility index (Phi) is 6.91. The number of nitrogens with one attached hydrogen (secondary N) is 1. The molecule has 18 heavy (non-hydrogen) atoms. The Hall–Kier alpha value is -0.930. The highest BCUT2D eigenvalue weighted by atomic mass is 19.1. The van der Waals surface area contributed by atoms with Crippen LogP contribution in [0, 0.1) is 12.7 Å². The summed E-state index contributed by atoms with van der Waals surface area (Å²) < 4.78 is 18.4. The molecule has 3 heteroatoms. The number of likely N-dealkylation sites (N-methyl/N-ethyl adjacent to an activating group) is 1. The summed E-state index contributed by atoms with van der Waals surface area (Å²) in [6.07, 6.45) is 1.91. The molecule has 102 valence electrons. The van der Waals surface area contributed by atoms with Crippen molar-refractivity contribution >= 4 is 0 Å². The van der Waals surface area contributed by atoms with E-state index in [1.165, 1.54) is 11.6 Å². The molecule has 1 aromatic rings. The second-order valence-corrected chi connectivity index (χ2v) is 4.52. The van der Waals surface area contributed by atoms with E-state index >= 15 is 0 Å². The van der Waals surface area contributed by atoms with E-state index in [1.54, 1.807) is 6.07 Å². The van der Waals surface area contributed by atoms with Crippen LogP contribution < -0.4 is 5.32 Å². The standard InChI is InChI=1S/C15H24FNO/c1-4-17-15(8-9-18-5-2)11-13-6-7-14(16)10-12(13)3/h6-7,10,15,17H,4-5,8-9,11H2,1-3H3. The number of hydrogen-bond donors (Lipinski definition) is 1. The predicted molar refractivity (Wildman–Crippen MR) is 73.4 cm³/mol. The molecular weight excluding hydrogens is 229 g/mol. The van der Waals surface area contributed by atoms with Crippen molar-refractivity contribution in [2.24, 2.45) is 0 Å². The van der Waals surface area contributed by atoms with E-state index in [1.807, 2.05) is 19.9 Å². The Morgan fingerprint density at radius 2 is 2.11 bits per heavy atom. The van der Waals surface area contributed by atoms with Gasteiger partial charge >= 0.3 is 0 Å². The number of rotatable bonds is 8. The van der Waals surface area contributed by atoms with Gasteiger partial charge in [-0.15, -0.1) is 0 Å². The van der Waals surface area contributed by atoms with E-state index in [-0.39, 0.29) is 5.82 Å². The zero-order valence-corrected chi connectivity index (χ0v) is 11.6. The lowest BCUT2D eigenvalue weighted by atomic mass is 9.99. The molecule has 0 aliphatic carbocycles. The van der Waals surface area contributed by atoms with Gasteiger partial charge in [0.1, 0.15) is 5.82 Å². The van der Waals surface area contributed by atoms with Gasteiger partial charge in [-0.2, -0.15) is 0 Å². The third-order valence-corrected chi connectivity index (χ3v) is 3.08.